The lowest BCUT2D eigenvalue weighted by atomic mass is 10.3. The zero-order chi connectivity index (χ0) is 9.84. The van der Waals surface area contributed by atoms with Crippen LogP contribution in [-0.2, 0) is 6.54 Å². The summed E-state index contributed by atoms with van der Waals surface area (Å²) in [6, 6.07) is 1.52. The van der Waals surface area contributed by atoms with Crippen LogP contribution >= 0.6 is 22.6 Å². The molecule has 0 amide bonds. The molecular weight excluding hydrogens is 283 g/mol. The standard InChI is InChI=1S/C8H11IN2O2/c1-6(12)2-3-11-8(13)4-7(9)5-10-11/h4-6,12H,2-3H2,1H3. The van der Waals surface area contributed by atoms with E-state index in [1.807, 2.05) is 22.6 Å². The van der Waals surface area contributed by atoms with Gasteiger partial charge in [-0.3, -0.25) is 4.79 Å². The molecule has 0 aromatic carbocycles. The highest BCUT2D eigenvalue weighted by molar-refractivity contribution is 14.1. The average Bonchev–Trinajstić information content (AvgIpc) is 2.02. The van der Waals surface area contributed by atoms with Gasteiger partial charge in [-0.25, -0.2) is 4.68 Å². The van der Waals surface area contributed by atoms with E-state index in [9.17, 15) is 4.79 Å². The number of hydrogen-bond donors (Lipinski definition) is 1. The van der Waals surface area contributed by atoms with E-state index < -0.39 is 6.10 Å². The van der Waals surface area contributed by atoms with Gasteiger partial charge in [-0.2, -0.15) is 5.10 Å². The second-order valence-electron chi connectivity index (χ2n) is 2.87. The van der Waals surface area contributed by atoms with Gasteiger partial charge in [0.1, 0.15) is 0 Å². The third kappa shape index (κ3) is 3.43. The minimum absolute atomic E-state index is 0.118. The van der Waals surface area contributed by atoms with Gasteiger partial charge in [0.05, 0.1) is 12.3 Å². The number of halogens is 1. The van der Waals surface area contributed by atoms with Crippen molar-refractivity contribution in [3.05, 3.63) is 26.2 Å². The number of hydrogen-bond acceptors (Lipinski definition) is 3. The van der Waals surface area contributed by atoms with E-state index in [0.717, 1.165) is 3.57 Å². The van der Waals surface area contributed by atoms with Crippen molar-refractivity contribution >= 4 is 22.6 Å². The number of aromatic nitrogens is 2. The Morgan fingerprint density at radius 1 is 1.77 bits per heavy atom. The second kappa shape index (κ2) is 4.71. The molecule has 0 aliphatic carbocycles. The molecule has 0 fully saturated rings. The number of aliphatic hydroxyl groups excluding tert-OH is 1. The summed E-state index contributed by atoms with van der Waals surface area (Å²) in [6.45, 7) is 2.16. The quantitative estimate of drug-likeness (QED) is 0.831. The van der Waals surface area contributed by atoms with Crippen molar-refractivity contribution in [2.24, 2.45) is 0 Å². The molecule has 1 aromatic rings. The van der Waals surface area contributed by atoms with Crippen LogP contribution < -0.4 is 5.56 Å². The monoisotopic (exact) mass is 294 g/mol. The lowest BCUT2D eigenvalue weighted by Gasteiger charge is -2.05. The van der Waals surface area contributed by atoms with Crippen LogP contribution in [0.1, 0.15) is 13.3 Å². The van der Waals surface area contributed by atoms with E-state index in [2.05, 4.69) is 5.10 Å². The second-order valence-corrected chi connectivity index (χ2v) is 4.12. The van der Waals surface area contributed by atoms with E-state index in [4.69, 9.17) is 5.11 Å². The lowest BCUT2D eigenvalue weighted by molar-refractivity contribution is 0.175. The van der Waals surface area contributed by atoms with Crippen molar-refractivity contribution in [2.45, 2.75) is 26.0 Å². The largest absolute Gasteiger partial charge is 0.393 e. The minimum Gasteiger partial charge on any atom is -0.393 e. The normalized spacial score (nSPS) is 12.8. The molecule has 1 N–H and O–H groups in total. The van der Waals surface area contributed by atoms with Crippen LogP contribution in [0.25, 0.3) is 0 Å². The molecule has 0 spiro atoms. The van der Waals surface area contributed by atoms with E-state index in [-0.39, 0.29) is 5.56 Å². The number of rotatable bonds is 3. The van der Waals surface area contributed by atoms with Crippen LogP contribution in [0, 0.1) is 3.57 Å². The van der Waals surface area contributed by atoms with E-state index >= 15 is 0 Å². The molecule has 0 radical (unpaired) electrons. The molecule has 1 heterocycles. The molecule has 4 nitrogen and oxygen atoms in total. The third-order valence-corrected chi connectivity index (χ3v) is 2.18. The van der Waals surface area contributed by atoms with Crippen molar-refractivity contribution in [1.82, 2.24) is 9.78 Å². The van der Waals surface area contributed by atoms with Crippen LogP contribution in [0.5, 0.6) is 0 Å². The zero-order valence-corrected chi connectivity index (χ0v) is 9.43. The average molecular weight is 294 g/mol. The van der Waals surface area contributed by atoms with Crippen molar-refractivity contribution in [3.8, 4) is 0 Å². The summed E-state index contributed by atoms with van der Waals surface area (Å²) in [5, 5.41) is 12.9. The first-order valence-electron chi connectivity index (χ1n) is 4.00. The van der Waals surface area contributed by atoms with Gasteiger partial charge in [-0.15, -0.1) is 0 Å². The fourth-order valence-electron chi connectivity index (χ4n) is 0.889. The molecule has 1 rings (SSSR count). The van der Waals surface area contributed by atoms with Crippen molar-refractivity contribution in [3.63, 3.8) is 0 Å². The van der Waals surface area contributed by atoms with Gasteiger partial charge in [-0.1, -0.05) is 0 Å². The summed E-state index contributed by atoms with van der Waals surface area (Å²) in [5.74, 6) is 0. The molecule has 0 saturated heterocycles. The SMILES string of the molecule is CC(O)CCn1ncc(I)cc1=O. The van der Waals surface area contributed by atoms with Gasteiger partial charge >= 0.3 is 0 Å². The zero-order valence-electron chi connectivity index (χ0n) is 7.27. The van der Waals surface area contributed by atoms with Gasteiger partial charge in [0.15, 0.2) is 0 Å². The number of aryl methyl sites for hydroxylation is 1. The Morgan fingerprint density at radius 2 is 2.46 bits per heavy atom. The van der Waals surface area contributed by atoms with Crippen LogP contribution in [0.2, 0.25) is 0 Å². The Balaban J connectivity index is 2.73. The summed E-state index contributed by atoms with van der Waals surface area (Å²) in [6.07, 6.45) is 1.78. The molecule has 72 valence electrons. The first-order chi connectivity index (χ1) is 6.09. The van der Waals surface area contributed by atoms with E-state index in [0.29, 0.717) is 13.0 Å². The fourth-order valence-corrected chi connectivity index (χ4v) is 1.28. The molecule has 1 atom stereocenters. The molecule has 5 heteroatoms. The summed E-state index contributed by atoms with van der Waals surface area (Å²) >= 11 is 2.04. The molecule has 1 unspecified atom stereocenters. The highest BCUT2D eigenvalue weighted by Gasteiger charge is 2.00. The summed E-state index contributed by atoms with van der Waals surface area (Å²) in [7, 11) is 0. The Morgan fingerprint density at radius 3 is 3.00 bits per heavy atom. The lowest BCUT2D eigenvalue weighted by Crippen LogP contribution is -2.23. The summed E-state index contributed by atoms with van der Waals surface area (Å²) in [4.78, 5) is 11.3. The molecular formula is C8H11IN2O2. The molecule has 0 aliphatic rings. The van der Waals surface area contributed by atoms with Crippen molar-refractivity contribution < 1.29 is 5.11 Å². The molecule has 0 saturated carbocycles. The van der Waals surface area contributed by atoms with Crippen molar-refractivity contribution in [2.75, 3.05) is 0 Å². The van der Waals surface area contributed by atoms with Gasteiger partial charge < -0.3 is 5.11 Å². The Bertz CT molecular complexity index is 335. The van der Waals surface area contributed by atoms with Crippen LogP contribution in [-0.4, -0.2) is 21.0 Å². The summed E-state index contributed by atoms with van der Waals surface area (Å²) in [5.41, 5.74) is -0.118. The predicted octanol–water partition coefficient (Wildman–Crippen LogP) is 0.619. The van der Waals surface area contributed by atoms with Crippen LogP contribution in [0.15, 0.2) is 17.1 Å². The summed E-state index contributed by atoms with van der Waals surface area (Å²) < 4.78 is 2.19. The number of aliphatic hydroxyl groups is 1. The van der Waals surface area contributed by atoms with Gasteiger partial charge in [0.25, 0.3) is 5.56 Å². The Hall–Kier alpha value is -0.430. The maximum atomic E-state index is 11.3. The highest BCUT2D eigenvalue weighted by Crippen LogP contribution is 1.97. The van der Waals surface area contributed by atoms with E-state index in [1.165, 1.54) is 10.7 Å². The topological polar surface area (TPSA) is 55.1 Å². The minimum atomic E-state index is -0.395. The first kappa shape index (κ1) is 10.6. The van der Waals surface area contributed by atoms with Crippen LogP contribution in [0.4, 0.5) is 0 Å². The van der Waals surface area contributed by atoms with Gasteiger partial charge in [-0.05, 0) is 35.9 Å². The number of nitrogens with zero attached hydrogens (tertiary/aromatic N) is 2. The van der Waals surface area contributed by atoms with Crippen molar-refractivity contribution in [1.29, 1.82) is 0 Å². The first-order valence-corrected chi connectivity index (χ1v) is 5.08. The molecule has 0 bridgehead atoms. The maximum Gasteiger partial charge on any atom is 0.267 e. The Labute approximate surface area is 89.7 Å². The predicted molar refractivity (Wildman–Crippen MR) is 57.5 cm³/mol. The highest BCUT2D eigenvalue weighted by atomic mass is 127. The Kier molecular flexibility index (Phi) is 3.86. The fraction of sp³-hybridized carbons (Fsp3) is 0.500. The van der Waals surface area contributed by atoms with Gasteiger partial charge in [0, 0.05) is 16.2 Å². The molecule has 13 heavy (non-hydrogen) atoms. The van der Waals surface area contributed by atoms with E-state index in [1.54, 1.807) is 13.1 Å². The smallest absolute Gasteiger partial charge is 0.267 e. The maximum absolute atomic E-state index is 11.3. The molecule has 0 aliphatic heterocycles. The van der Waals surface area contributed by atoms with Crippen LogP contribution in [0.3, 0.4) is 0 Å². The molecule has 1 aromatic heterocycles. The third-order valence-electron chi connectivity index (χ3n) is 1.59. The van der Waals surface area contributed by atoms with Gasteiger partial charge in [0.2, 0.25) is 0 Å².